The number of benzene rings is 1. The van der Waals surface area contributed by atoms with Crippen LogP contribution in [0.4, 0.5) is 5.69 Å². The zero-order valence-corrected chi connectivity index (χ0v) is 16.8. The van der Waals surface area contributed by atoms with E-state index in [4.69, 9.17) is 4.74 Å². The first-order chi connectivity index (χ1) is 11.9. The molecule has 0 aliphatic carbocycles. The molecule has 1 aromatic heterocycles. The molecular formula is C17H15Br2N3O3. The third-order valence-electron chi connectivity index (χ3n) is 3.60. The number of amides is 1. The summed E-state index contributed by atoms with van der Waals surface area (Å²) in [5.41, 5.74) is 1.09. The number of nitrogens with one attached hydrogen (secondary N) is 1. The Labute approximate surface area is 161 Å². The molecule has 0 spiro atoms. The Morgan fingerprint density at radius 3 is 2.64 bits per heavy atom. The number of ether oxygens (including phenoxy) is 1. The number of halogens is 2. The molecule has 25 heavy (non-hydrogen) atoms. The van der Waals surface area contributed by atoms with Gasteiger partial charge in [0.1, 0.15) is 18.2 Å². The van der Waals surface area contributed by atoms with Crippen LogP contribution in [0.25, 0.3) is 0 Å². The first kappa shape index (κ1) is 19.4. The molecule has 0 bridgehead atoms. The predicted octanol–water partition coefficient (Wildman–Crippen LogP) is 3.34. The summed E-state index contributed by atoms with van der Waals surface area (Å²) in [4.78, 5) is 24.9. The van der Waals surface area contributed by atoms with Crippen LogP contribution in [0, 0.1) is 18.3 Å². The summed E-state index contributed by atoms with van der Waals surface area (Å²) in [6.07, 6.45) is 0. The van der Waals surface area contributed by atoms with Crippen LogP contribution in [-0.4, -0.2) is 17.6 Å². The van der Waals surface area contributed by atoms with Crippen LogP contribution in [0.5, 0.6) is 0 Å². The molecular weight excluding hydrogens is 454 g/mol. The van der Waals surface area contributed by atoms with Gasteiger partial charge in [-0.05, 0) is 50.9 Å². The van der Waals surface area contributed by atoms with Crippen molar-refractivity contribution in [2.75, 3.05) is 12.4 Å². The normalized spacial score (nSPS) is 10.4. The minimum Gasteiger partial charge on any atom is -0.380 e. The highest BCUT2D eigenvalue weighted by molar-refractivity contribution is 9.11. The number of methoxy groups -OCH3 is 1. The van der Waals surface area contributed by atoms with Crippen LogP contribution in [0.3, 0.4) is 0 Å². The zero-order chi connectivity index (χ0) is 18.6. The van der Waals surface area contributed by atoms with Crippen molar-refractivity contribution in [2.45, 2.75) is 20.1 Å². The number of anilines is 1. The van der Waals surface area contributed by atoms with E-state index in [2.05, 4.69) is 37.2 Å². The van der Waals surface area contributed by atoms with Gasteiger partial charge in [-0.3, -0.25) is 9.59 Å². The van der Waals surface area contributed by atoms with E-state index in [-0.39, 0.29) is 24.6 Å². The van der Waals surface area contributed by atoms with Gasteiger partial charge in [0.05, 0.1) is 12.3 Å². The summed E-state index contributed by atoms with van der Waals surface area (Å²) in [7, 11) is 1.49. The van der Waals surface area contributed by atoms with E-state index >= 15 is 0 Å². The number of nitriles is 1. The van der Waals surface area contributed by atoms with Crippen molar-refractivity contribution in [3.63, 3.8) is 0 Å². The summed E-state index contributed by atoms with van der Waals surface area (Å²) in [5.74, 6) is -0.368. The average Bonchev–Trinajstić information content (AvgIpc) is 2.59. The third-order valence-corrected chi connectivity index (χ3v) is 5.34. The first-order valence-corrected chi connectivity index (χ1v) is 8.84. The van der Waals surface area contributed by atoms with Gasteiger partial charge >= 0.3 is 0 Å². The van der Waals surface area contributed by atoms with E-state index in [9.17, 15) is 14.9 Å². The molecule has 0 saturated carbocycles. The smallest absolute Gasteiger partial charge is 0.269 e. The highest BCUT2D eigenvalue weighted by Crippen LogP contribution is 2.24. The molecule has 2 rings (SSSR count). The summed E-state index contributed by atoms with van der Waals surface area (Å²) in [5, 5.41) is 12.1. The van der Waals surface area contributed by atoms with Gasteiger partial charge in [0.15, 0.2) is 0 Å². The Morgan fingerprint density at radius 1 is 1.36 bits per heavy atom. The van der Waals surface area contributed by atoms with Crippen molar-refractivity contribution in [3.05, 3.63) is 60.4 Å². The number of carbonyl (C=O) groups is 1. The van der Waals surface area contributed by atoms with Gasteiger partial charge in [-0.1, -0.05) is 12.1 Å². The maximum atomic E-state index is 12.6. The first-order valence-electron chi connectivity index (χ1n) is 7.25. The molecule has 0 unspecified atom stereocenters. The minimum absolute atomic E-state index is 0.0342. The quantitative estimate of drug-likeness (QED) is 0.729. The fourth-order valence-corrected chi connectivity index (χ4v) is 3.26. The van der Waals surface area contributed by atoms with Crippen LogP contribution in [0.15, 0.2) is 38.0 Å². The number of pyridine rings is 1. The number of para-hydroxylation sites is 1. The minimum atomic E-state index is -0.516. The molecule has 1 amide bonds. The van der Waals surface area contributed by atoms with Crippen LogP contribution < -0.4 is 10.9 Å². The van der Waals surface area contributed by atoms with Crippen molar-refractivity contribution in [2.24, 2.45) is 0 Å². The molecule has 130 valence electrons. The maximum absolute atomic E-state index is 12.6. The van der Waals surface area contributed by atoms with Gasteiger partial charge in [0.2, 0.25) is 5.91 Å². The zero-order valence-electron chi connectivity index (χ0n) is 13.6. The van der Waals surface area contributed by atoms with Gasteiger partial charge in [-0.15, -0.1) is 0 Å². The molecule has 8 heteroatoms. The topological polar surface area (TPSA) is 84.1 Å². The van der Waals surface area contributed by atoms with Crippen LogP contribution in [0.1, 0.15) is 16.8 Å². The Bertz CT molecular complexity index is 917. The lowest BCUT2D eigenvalue weighted by Crippen LogP contribution is -2.32. The second-order valence-electron chi connectivity index (χ2n) is 5.22. The van der Waals surface area contributed by atoms with Crippen molar-refractivity contribution in [1.82, 2.24) is 4.57 Å². The number of hydrogen-bond acceptors (Lipinski definition) is 4. The molecule has 0 atom stereocenters. The second-order valence-corrected chi connectivity index (χ2v) is 6.86. The van der Waals surface area contributed by atoms with E-state index in [1.165, 1.54) is 11.7 Å². The van der Waals surface area contributed by atoms with Crippen molar-refractivity contribution in [1.29, 1.82) is 5.26 Å². The van der Waals surface area contributed by atoms with E-state index in [0.29, 0.717) is 21.4 Å². The largest absolute Gasteiger partial charge is 0.380 e. The van der Waals surface area contributed by atoms with Gasteiger partial charge in [0.25, 0.3) is 5.56 Å². The lowest BCUT2D eigenvalue weighted by atomic mass is 10.1. The van der Waals surface area contributed by atoms with E-state index in [1.807, 2.05) is 12.1 Å². The highest BCUT2D eigenvalue weighted by atomic mass is 79.9. The van der Waals surface area contributed by atoms with Gasteiger partial charge < -0.3 is 14.6 Å². The Morgan fingerprint density at radius 2 is 2.04 bits per heavy atom. The number of rotatable bonds is 5. The molecule has 1 aromatic carbocycles. The molecule has 0 saturated heterocycles. The van der Waals surface area contributed by atoms with Crippen molar-refractivity contribution >= 4 is 43.5 Å². The standard InChI is InChI=1S/C17H15Br2N3O3/c1-10-16(19)12(9-25-2)11(7-20)17(24)22(10)8-15(23)21-14-6-4-3-5-13(14)18/h3-6H,8-9H2,1-2H3,(H,21,23). The van der Waals surface area contributed by atoms with Crippen molar-refractivity contribution in [3.8, 4) is 6.07 Å². The monoisotopic (exact) mass is 467 g/mol. The van der Waals surface area contributed by atoms with Gasteiger partial charge in [-0.25, -0.2) is 0 Å². The lowest BCUT2D eigenvalue weighted by Gasteiger charge is -2.16. The number of nitrogens with zero attached hydrogens (tertiary/aromatic N) is 2. The van der Waals surface area contributed by atoms with Crippen LogP contribution >= 0.6 is 31.9 Å². The maximum Gasteiger partial charge on any atom is 0.269 e. The number of aromatic nitrogens is 1. The second kappa shape index (κ2) is 8.43. The molecule has 6 nitrogen and oxygen atoms in total. The molecule has 1 heterocycles. The molecule has 2 aromatic rings. The summed E-state index contributed by atoms with van der Waals surface area (Å²) >= 11 is 6.75. The summed E-state index contributed by atoms with van der Waals surface area (Å²) in [6.45, 7) is 1.63. The fourth-order valence-electron chi connectivity index (χ4n) is 2.34. The van der Waals surface area contributed by atoms with E-state index in [0.717, 1.165) is 4.47 Å². The molecule has 0 aliphatic rings. The SMILES string of the molecule is COCc1c(Br)c(C)n(CC(=O)Nc2ccccc2Br)c(=O)c1C#N. The van der Waals surface area contributed by atoms with Crippen molar-refractivity contribution < 1.29 is 9.53 Å². The lowest BCUT2D eigenvalue weighted by molar-refractivity contribution is -0.116. The molecule has 0 aliphatic heterocycles. The number of hydrogen-bond donors (Lipinski definition) is 1. The van der Waals surface area contributed by atoms with E-state index in [1.54, 1.807) is 25.1 Å². The predicted molar refractivity (Wildman–Crippen MR) is 101 cm³/mol. The summed E-state index contributed by atoms with van der Waals surface area (Å²) in [6, 6.07) is 9.08. The third kappa shape index (κ3) is 4.18. The van der Waals surface area contributed by atoms with Gasteiger partial charge in [-0.2, -0.15) is 5.26 Å². The Kier molecular flexibility index (Phi) is 6.53. The highest BCUT2D eigenvalue weighted by Gasteiger charge is 2.19. The summed E-state index contributed by atoms with van der Waals surface area (Å²) < 4.78 is 7.65. The van der Waals surface area contributed by atoms with Crippen LogP contribution in [0.2, 0.25) is 0 Å². The Hall–Kier alpha value is -1.95. The van der Waals surface area contributed by atoms with Gasteiger partial charge in [0, 0.05) is 27.3 Å². The molecule has 1 N–H and O–H groups in total. The number of carbonyl (C=O) groups excluding carboxylic acids is 1. The Balaban J connectivity index is 2.39. The van der Waals surface area contributed by atoms with E-state index < -0.39 is 5.56 Å². The van der Waals surface area contributed by atoms with Crippen LogP contribution in [-0.2, 0) is 22.7 Å². The molecule has 0 fully saturated rings. The fraction of sp³-hybridized carbons (Fsp3) is 0.235. The molecule has 0 radical (unpaired) electrons. The average molecular weight is 469 g/mol.